The minimum Gasteiger partial charge on any atom is -0.396 e. The van der Waals surface area contributed by atoms with E-state index in [2.05, 4.69) is 22.9 Å². The first-order valence-corrected chi connectivity index (χ1v) is 12.1. The molecule has 0 amide bonds. The monoisotopic (exact) mass is 395 g/mol. The molecule has 4 heteroatoms. The molecule has 0 spiro atoms. The van der Waals surface area contributed by atoms with Crippen molar-refractivity contribution in [3.63, 3.8) is 0 Å². The third kappa shape index (κ3) is 12.6. The van der Waals surface area contributed by atoms with Crippen LogP contribution < -0.4 is 5.32 Å². The van der Waals surface area contributed by atoms with Gasteiger partial charge in [-0.3, -0.25) is 9.89 Å². The maximum atomic E-state index is 9.41. The molecule has 28 heavy (non-hydrogen) atoms. The molecule has 0 saturated heterocycles. The SMILES string of the molecule is CCCCCCCCCCCCCCC(=CC(CCO)[N+]1=CNCC1)CCO. The van der Waals surface area contributed by atoms with Crippen molar-refractivity contribution in [2.24, 2.45) is 0 Å². The number of rotatable bonds is 19. The van der Waals surface area contributed by atoms with E-state index in [4.69, 9.17) is 0 Å². The molecule has 164 valence electrons. The molecule has 1 aliphatic rings. The Morgan fingerprint density at radius 1 is 0.893 bits per heavy atom. The van der Waals surface area contributed by atoms with E-state index in [9.17, 15) is 10.2 Å². The zero-order chi connectivity index (χ0) is 20.3. The quantitative estimate of drug-likeness (QED) is 0.168. The van der Waals surface area contributed by atoms with Crippen molar-refractivity contribution in [2.45, 2.75) is 109 Å². The van der Waals surface area contributed by atoms with E-state index in [1.807, 2.05) is 6.34 Å². The van der Waals surface area contributed by atoms with Gasteiger partial charge in [-0.25, -0.2) is 0 Å². The summed E-state index contributed by atoms with van der Waals surface area (Å²) in [4.78, 5) is 0. The Kier molecular flexibility index (Phi) is 16.3. The van der Waals surface area contributed by atoms with Crippen LogP contribution in [0.1, 0.15) is 103 Å². The number of aliphatic hydroxyl groups is 2. The van der Waals surface area contributed by atoms with Gasteiger partial charge in [-0.05, 0) is 25.3 Å². The highest BCUT2D eigenvalue weighted by molar-refractivity contribution is 5.49. The van der Waals surface area contributed by atoms with Crippen LogP contribution in [-0.2, 0) is 0 Å². The van der Waals surface area contributed by atoms with E-state index in [0.29, 0.717) is 0 Å². The molecular weight excluding hydrogens is 348 g/mol. The standard InChI is InChI=1S/C24H46N2O2/c1-2-3-4-5-6-7-8-9-10-11-12-13-14-23(15-19-27)21-24(16-20-28)26-18-17-25-22-26/h21-22,24,27-28H,2-20H2,1H3/p+1. The summed E-state index contributed by atoms with van der Waals surface area (Å²) in [6, 6.07) is 0.249. The lowest BCUT2D eigenvalue weighted by Crippen LogP contribution is -2.25. The fourth-order valence-electron chi connectivity index (χ4n) is 4.08. The first kappa shape index (κ1) is 25.2. The topological polar surface area (TPSA) is 55.5 Å². The van der Waals surface area contributed by atoms with E-state index in [-0.39, 0.29) is 19.3 Å². The van der Waals surface area contributed by atoms with Crippen LogP contribution in [0.25, 0.3) is 0 Å². The van der Waals surface area contributed by atoms with Crippen LogP contribution in [-0.4, -0.2) is 53.5 Å². The van der Waals surface area contributed by atoms with Crippen molar-refractivity contribution in [1.82, 2.24) is 5.32 Å². The van der Waals surface area contributed by atoms with Crippen LogP contribution in [0, 0.1) is 0 Å². The second-order valence-electron chi connectivity index (χ2n) is 8.34. The molecule has 0 aromatic rings. The Morgan fingerprint density at radius 3 is 2.00 bits per heavy atom. The van der Waals surface area contributed by atoms with Gasteiger partial charge >= 0.3 is 0 Å². The second kappa shape index (κ2) is 18.2. The average Bonchev–Trinajstić information content (AvgIpc) is 3.23. The van der Waals surface area contributed by atoms with Crippen molar-refractivity contribution < 1.29 is 14.8 Å². The normalized spacial score (nSPS) is 15.5. The first-order chi connectivity index (χ1) is 13.8. The molecular formula is C24H47N2O2+. The molecule has 1 unspecified atom stereocenters. The maximum Gasteiger partial charge on any atom is 0.232 e. The number of nitrogens with zero attached hydrogens (tertiary/aromatic N) is 1. The summed E-state index contributed by atoms with van der Waals surface area (Å²) in [6.07, 6.45) is 23.4. The van der Waals surface area contributed by atoms with E-state index < -0.39 is 0 Å². The van der Waals surface area contributed by atoms with Gasteiger partial charge in [0.15, 0.2) is 0 Å². The Balaban J connectivity index is 2.15. The summed E-state index contributed by atoms with van der Waals surface area (Å²) >= 11 is 0. The van der Waals surface area contributed by atoms with Crippen LogP contribution in [0.15, 0.2) is 11.6 Å². The Bertz CT molecular complexity index is 421. The van der Waals surface area contributed by atoms with Gasteiger partial charge in [0.05, 0.1) is 0 Å². The van der Waals surface area contributed by atoms with Crippen LogP contribution in [0.5, 0.6) is 0 Å². The lowest BCUT2D eigenvalue weighted by atomic mass is 9.99. The molecule has 0 saturated carbocycles. The number of hydrogen-bond donors (Lipinski definition) is 3. The van der Waals surface area contributed by atoms with Gasteiger partial charge in [0.2, 0.25) is 6.34 Å². The number of hydrogen-bond acceptors (Lipinski definition) is 3. The third-order valence-corrected chi connectivity index (χ3v) is 5.83. The highest BCUT2D eigenvalue weighted by Crippen LogP contribution is 2.18. The van der Waals surface area contributed by atoms with E-state index in [1.165, 1.54) is 82.6 Å². The van der Waals surface area contributed by atoms with Crippen molar-refractivity contribution >= 4 is 6.34 Å². The van der Waals surface area contributed by atoms with Gasteiger partial charge in [0.25, 0.3) is 0 Å². The Labute approximate surface area is 174 Å². The van der Waals surface area contributed by atoms with Gasteiger partial charge in [0, 0.05) is 19.6 Å². The maximum absolute atomic E-state index is 9.41. The van der Waals surface area contributed by atoms with Crippen molar-refractivity contribution in [3.05, 3.63) is 11.6 Å². The third-order valence-electron chi connectivity index (χ3n) is 5.83. The van der Waals surface area contributed by atoms with Gasteiger partial charge < -0.3 is 10.2 Å². The molecule has 0 bridgehead atoms. The summed E-state index contributed by atoms with van der Waals surface area (Å²) in [5.74, 6) is 0. The fraction of sp³-hybridized carbons (Fsp3) is 0.875. The van der Waals surface area contributed by atoms with Gasteiger partial charge in [-0.2, -0.15) is 0 Å². The zero-order valence-electron chi connectivity index (χ0n) is 18.5. The van der Waals surface area contributed by atoms with Gasteiger partial charge in [0.1, 0.15) is 19.1 Å². The highest BCUT2D eigenvalue weighted by atomic mass is 16.3. The smallest absolute Gasteiger partial charge is 0.232 e. The lowest BCUT2D eigenvalue weighted by Gasteiger charge is -2.14. The molecule has 0 aliphatic carbocycles. The van der Waals surface area contributed by atoms with Gasteiger partial charge in [-0.1, -0.05) is 83.1 Å². The van der Waals surface area contributed by atoms with Crippen molar-refractivity contribution in [2.75, 3.05) is 26.3 Å². The van der Waals surface area contributed by atoms with Crippen LogP contribution >= 0.6 is 0 Å². The summed E-state index contributed by atoms with van der Waals surface area (Å²) in [6.45, 7) is 4.67. The second-order valence-corrected chi connectivity index (χ2v) is 8.34. The van der Waals surface area contributed by atoms with Crippen molar-refractivity contribution in [1.29, 1.82) is 0 Å². The van der Waals surface area contributed by atoms with Crippen molar-refractivity contribution in [3.8, 4) is 0 Å². The predicted octanol–water partition coefficient (Wildman–Crippen LogP) is 4.78. The van der Waals surface area contributed by atoms with E-state index in [0.717, 1.165) is 32.4 Å². The summed E-state index contributed by atoms with van der Waals surface area (Å²) in [5, 5.41) is 22.1. The minimum atomic E-state index is 0.205. The molecule has 0 radical (unpaired) electrons. The molecule has 0 aromatic carbocycles. The van der Waals surface area contributed by atoms with Crippen LogP contribution in [0.3, 0.4) is 0 Å². The highest BCUT2D eigenvalue weighted by Gasteiger charge is 2.19. The molecule has 0 aromatic heterocycles. The van der Waals surface area contributed by atoms with E-state index in [1.54, 1.807) is 0 Å². The van der Waals surface area contributed by atoms with Crippen LogP contribution in [0.4, 0.5) is 0 Å². The number of nitrogens with one attached hydrogen (secondary N) is 1. The zero-order valence-corrected chi connectivity index (χ0v) is 18.5. The number of unbranched alkanes of at least 4 members (excludes halogenated alkanes) is 11. The van der Waals surface area contributed by atoms with Gasteiger partial charge in [-0.15, -0.1) is 0 Å². The molecule has 0 fully saturated rings. The largest absolute Gasteiger partial charge is 0.396 e. The fourth-order valence-corrected chi connectivity index (χ4v) is 4.08. The van der Waals surface area contributed by atoms with E-state index >= 15 is 0 Å². The first-order valence-electron chi connectivity index (χ1n) is 12.1. The molecule has 3 N–H and O–H groups in total. The minimum absolute atomic E-state index is 0.205. The summed E-state index contributed by atoms with van der Waals surface area (Å²) in [5.41, 5.74) is 1.35. The lowest BCUT2D eigenvalue weighted by molar-refractivity contribution is -0.542. The molecule has 1 heterocycles. The average molecular weight is 396 g/mol. The molecule has 1 rings (SSSR count). The molecule has 4 nitrogen and oxygen atoms in total. The molecule has 1 aliphatic heterocycles. The Hall–Kier alpha value is -0.870. The number of aliphatic hydroxyl groups excluding tert-OH is 2. The van der Waals surface area contributed by atoms with Crippen LogP contribution in [0.2, 0.25) is 0 Å². The summed E-state index contributed by atoms with van der Waals surface area (Å²) < 4.78 is 2.27. The predicted molar refractivity (Wildman–Crippen MR) is 120 cm³/mol. The Morgan fingerprint density at radius 2 is 1.50 bits per heavy atom. The summed E-state index contributed by atoms with van der Waals surface area (Å²) in [7, 11) is 0. The molecule has 1 atom stereocenters.